The molecular formula is C12H16FNO. The molecule has 1 rings (SSSR count). The molecule has 0 atom stereocenters. The summed E-state index contributed by atoms with van der Waals surface area (Å²) in [7, 11) is 0. The van der Waals surface area contributed by atoms with E-state index >= 15 is 0 Å². The molecule has 0 saturated heterocycles. The first-order valence-corrected chi connectivity index (χ1v) is 5.02. The highest BCUT2D eigenvalue weighted by atomic mass is 19.1. The number of halogens is 1. The second-order valence-corrected chi connectivity index (χ2v) is 4.68. The monoisotopic (exact) mass is 209 g/mol. The maximum absolute atomic E-state index is 12.8. The number of hydrogen-bond donors (Lipinski definition) is 0. The number of aromatic nitrogens is 1. The van der Waals surface area contributed by atoms with Crippen molar-refractivity contribution < 1.29 is 9.18 Å². The van der Waals surface area contributed by atoms with Gasteiger partial charge in [-0.3, -0.25) is 9.78 Å². The van der Waals surface area contributed by atoms with Crippen LogP contribution in [0.5, 0.6) is 0 Å². The summed E-state index contributed by atoms with van der Waals surface area (Å²) in [5.41, 5.74) is 0.452. The van der Waals surface area contributed by atoms with Crippen molar-refractivity contribution in [3.63, 3.8) is 0 Å². The molecule has 0 aromatic carbocycles. The van der Waals surface area contributed by atoms with Gasteiger partial charge in [-0.2, -0.15) is 0 Å². The van der Waals surface area contributed by atoms with Crippen molar-refractivity contribution in [3.8, 4) is 0 Å². The second-order valence-electron chi connectivity index (χ2n) is 4.68. The van der Waals surface area contributed by atoms with Crippen molar-refractivity contribution in [2.45, 2.75) is 33.6 Å². The highest BCUT2D eigenvalue weighted by Crippen LogP contribution is 2.18. The molecule has 0 aliphatic carbocycles. The minimum absolute atomic E-state index is 0.187. The Morgan fingerprint density at radius 3 is 2.60 bits per heavy atom. The Bertz CT molecular complexity index is 355. The number of aryl methyl sites for hydroxylation is 1. The summed E-state index contributed by atoms with van der Waals surface area (Å²) in [6, 6.07) is 1.42. The van der Waals surface area contributed by atoms with E-state index < -0.39 is 0 Å². The smallest absolute Gasteiger partial charge is 0.141 e. The van der Waals surface area contributed by atoms with Gasteiger partial charge >= 0.3 is 0 Å². The molecular weight excluding hydrogens is 193 g/mol. The zero-order valence-corrected chi connectivity index (χ0v) is 9.38. The molecule has 0 N–H and O–H groups in total. The normalized spacial score (nSPS) is 11.5. The van der Waals surface area contributed by atoms with E-state index in [9.17, 15) is 9.18 Å². The fourth-order valence-corrected chi connectivity index (χ4v) is 1.23. The van der Waals surface area contributed by atoms with Gasteiger partial charge in [-0.15, -0.1) is 0 Å². The lowest BCUT2D eigenvalue weighted by Gasteiger charge is -2.16. The van der Waals surface area contributed by atoms with Crippen molar-refractivity contribution in [3.05, 3.63) is 29.8 Å². The molecule has 0 unspecified atom stereocenters. The van der Waals surface area contributed by atoms with E-state index in [1.54, 1.807) is 6.20 Å². The number of rotatable bonds is 3. The van der Waals surface area contributed by atoms with Crippen LogP contribution in [0.1, 0.15) is 32.8 Å². The van der Waals surface area contributed by atoms with Gasteiger partial charge in [0.25, 0.3) is 0 Å². The predicted molar refractivity (Wildman–Crippen MR) is 57.0 cm³/mol. The van der Waals surface area contributed by atoms with E-state index in [1.807, 2.05) is 20.8 Å². The molecule has 0 amide bonds. The predicted octanol–water partition coefficient (Wildman–Crippen LogP) is 2.77. The first-order valence-electron chi connectivity index (χ1n) is 5.02. The van der Waals surface area contributed by atoms with E-state index in [1.165, 1.54) is 6.07 Å². The second kappa shape index (κ2) is 4.51. The van der Waals surface area contributed by atoms with Crippen LogP contribution in [0.3, 0.4) is 0 Å². The van der Waals surface area contributed by atoms with Crippen LogP contribution >= 0.6 is 0 Å². The van der Waals surface area contributed by atoms with Crippen molar-refractivity contribution in [2.24, 2.45) is 5.41 Å². The van der Waals surface area contributed by atoms with Crippen LogP contribution in [0.2, 0.25) is 0 Å². The van der Waals surface area contributed by atoms with Gasteiger partial charge in [-0.25, -0.2) is 4.39 Å². The molecule has 0 radical (unpaired) electrons. The molecule has 3 heteroatoms. The SMILES string of the molecule is CC(C)(C)C(=O)CCc1cncc(F)c1. The topological polar surface area (TPSA) is 30.0 Å². The zero-order valence-electron chi connectivity index (χ0n) is 9.38. The van der Waals surface area contributed by atoms with E-state index in [2.05, 4.69) is 4.98 Å². The third-order valence-corrected chi connectivity index (χ3v) is 2.24. The number of ketones is 1. The van der Waals surface area contributed by atoms with E-state index in [0.29, 0.717) is 12.8 Å². The van der Waals surface area contributed by atoms with Crippen molar-refractivity contribution >= 4 is 5.78 Å². The van der Waals surface area contributed by atoms with Gasteiger partial charge in [0, 0.05) is 18.0 Å². The number of carbonyl (C=O) groups excluding carboxylic acids is 1. The molecule has 0 bridgehead atoms. The third kappa shape index (κ3) is 3.78. The highest BCUT2D eigenvalue weighted by Gasteiger charge is 2.20. The van der Waals surface area contributed by atoms with Crippen LogP contribution < -0.4 is 0 Å². The highest BCUT2D eigenvalue weighted by molar-refractivity contribution is 5.83. The number of nitrogens with zero attached hydrogens (tertiary/aromatic N) is 1. The minimum atomic E-state index is -0.351. The summed E-state index contributed by atoms with van der Waals surface area (Å²) in [6.45, 7) is 5.66. The van der Waals surface area contributed by atoms with Crippen LogP contribution in [0.4, 0.5) is 4.39 Å². The average Bonchev–Trinajstić information content (AvgIpc) is 2.12. The Labute approximate surface area is 89.5 Å². The lowest BCUT2D eigenvalue weighted by molar-refractivity contribution is -0.126. The number of Topliss-reactive ketones (excluding diaryl/α,β-unsaturated/α-hetero) is 1. The average molecular weight is 209 g/mol. The Morgan fingerprint density at radius 2 is 2.07 bits per heavy atom. The molecule has 15 heavy (non-hydrogen) atoms. The van der Waals surface area contributed by atoms with Gasteiger partial charge in [0.1, 0.15) is 11.6 Å². The largest absolute Gasteiger partial charge is 0.299 e. The first kappa shape index (κ1) is 11.8. The number of hydrogen-bond acceptors (Lipinski definition) is 2. The summed E-state index contributed by atoms with van der Waals surface area (Å²) < 4.78 is 12.8. The van der Waals surface area contributed by atoms with Gasteiger partial charge in [-0.05, 0) is 18.1 Å². The number of carbonyl (C=O) groups is 1. The molecule has 1 heterocycles. The summed E-state index contributed by atoms with van der Waals surface area (Å²) in [4.78, 5) is 15.3. The summed E-state index contributed by atoms with van der Waals surface area (Å²) in [6.07, 6.45) is 3.75. The molecule has 0 fully saturated rings. The number of pyridine rings is 1. The van der Waals surface area contributed by atoms with E-state index in [-0.39, 0.29) is 17.0 Å². The standard InChI is InChI=1S/C12H16FNO/c1-12(2,3)11(15)5-4-9-6-10(13)8-14-7-9/h6-8H,4-5H2,1-3H3. The lowest BCUT2D eigenvalue weighted by Crippen LogP contribution is -2.20. The van der Waals surface area contributed by atoms with Crippen LogP contribution in [0.25, 0.3) is 0 Å². The van der Waals surface area contributed by atoms with Crippen molar-refractivity contribution in [1.82, 2.24) is 4.98 Å². The van der Waals surface area contributed by atoms with E-state index in [4.69, 9.17) is 0 Å². The maximum atomic E-state index is 12.8. The Morgan fingerprint density at radius 1 is 1.40 bits per heavy atom. The van der Waals surface area contributed by atoms with Gasteiger partial charge < -0.3 is 0 Å². The molecule has 1 aromatic heterocycles. The molecule has 0 saturated carbocycles. The molecule has 1 aromatic rings. The summed E-state index contributed by atoms with van der Waals surface area (Å²) in [5, 5.41) is 0. The molecule has 0 spiro atoms. The molecule has 2 nitrogen and oxygen atoms in total. The van der Waals surface area contributed by atoms with Gasteiger partial charge in [0.2, 0.25) is 0 Å². The Hall–Kier alpha value is -1.25. The van der Waals surface area contributed by atoms with Crippen LogP contribution in [0, 0.1) is 11.2 Å². The van der Waals surface area contributed by atoms with Gasteiger partial charge in [0.05, 0.1) is 6.20 Å². The molecule has 0 aliphatic rings. The van der Waals surface area contributed by atoms with Gasteiger partial charge in [-0.1, -0.05) is 20.8 Å². The minimum Gasteiger partial charge on any atom is -0.299 e. The Balaban J connectivity index is 2.55. The quantitative estimate of drug-likeness (QED) is 0.766. The molecule has 82 valence electrons. The fourth-order valence-electron chi connectivity index (χ4n) is 1.23. The van der Waals surface area contributed by atoms with Crippen LogP contribution in [0.15, 0.2) is 18.5 Å². The Kier molecular flexibility index (Phi) is 3.56. The summed E-state index contributed by atoms with van der Waals surface area (Å²) in [5.74, 6) is -0.164. The third-order valence-electron chi connectivity index (χ3n) is 2.24. The van der Waals surface area contributed by atoms with Crippen LogP contribution in [-0.4, -0.2) is 10.8 Å². The zero-order chi connectivity index (χ0) is 11.5. The van der Waals surface area contributed by atoms with Crippen molar-refractivity contribution in [2.75, 3.05) is 0 Å². The molecule has 0 aliphatic heterocycles. The maximum Gasteiger partial charge on any atom is 0.141 e. The van der Waals surface area contributed by atoms with E-state index in [0.717, 1.165) is 11.8 Å². The summed E-state index contributed by atoms with van der Waals surface area (Å²) >= 11 is 0. The van der Waals surface area contributed by atoms with Gasteiger partial charge in [0.15, 0.2) is 0 Å². The first-order chi connectivity index (χ1) is 6.89. The lowest BCUT2D eigenvalue weighted by atomic mass is 9.87. The van der Waals surface area contributed by atoms with Crippen LogP contribution in [-0.2, 0) is 11.2 Å². The fraction of sp³-hybridized carbons (Fsp3) is 0.500. The van der Waals surface area contributed by atoms with Crippen molar-refractivity contribution in [1.29, 1.82) is 0 Å².